The Hall–Kier alpha value is -3.50. The summed E-state index contributed by atoms with van der Waals surface area (Å²) >= 11 is 0. The van der Waals surface area contributed by atoms with Crippen LogP contribution in [0.5, 0.6) is 0 Å². The molecule has 0 spiro atoms. The van der Waals surface area contributed by atoms with E-state index >= 15 is 0 Å². The second-order valence-electron chi connectivity index (χ2n) is 9.29. The Morgan fingerprint density at radius 1 is 1.17 bits per heavy atom. The number of ketones is 2. The molecule has 1 saturated heterocycles. The summed E-state index contributed by atoms with van der Waals surface area (Å²) in [7, 11) is 0. The molecule has 1 aliphatic rings. The van der Waals surface area contributed by atoms with Gasteiger partial charge in [0.25, 0.3) is 0 Å². The SMILES string of the molecule is CC(C)[C@H](NC(=O)Nc1ccccc1)C(=O)N1CCC[C@H]1C(=O)C[C@@H](CCCN=C(N)N)C(=O)CF. The summed E-state index contributed by atoms with van der Waals surface area (Å²) in [5.74, 6) is -2.40. The van der Waals surface area contributed by atoms with Crippen LogP contribution in [-0.4, -0.2) is 66.2 Å². The van der Waals surface area contributed by atoms with Crippen LogP contribution in [0.1, 0.15) is 46.0 Å². The van der Waals surface area contributed by atoms with Crippen LogP contribution >= 0.6 is 0 Å². The van der Waals surface area contributed by atoms with Crippen LogP contribution in [0.25, 0.3) is 0 Å². The lowest BCUT2D eigenvalue weighted by Gasteiger charge is -2.31. The molecule has 0 bridgehead atoms. The molecule has 6 N–H and O–H groups in total. The van der Waals surface area contributed by atoms with E-state index < -0.39 is 36.5 Å². The molecule has 0 aromatic heterocycles. The number of alkyl halides is 1. The molecule has 1 heterocycles. The molecule has 1 fully saturated rings. The number of urea groups is 1. The van der Waals surface area contributed by atoms with Gasteiger partial charge < -0.3 is 27.0 Å². The third-order valence-electron chi connectivity index (χ3n) is 6.20. The number of rotatable bonds is 13. The van der Waals surface area contributed by atoms with Crippen molar-refractivity contribution < 1.29 is 23.6 Å². The van der Waals surface area contributed by atoms with Gasteiger partial charge in [0.2, 0.25) is 5.91 Å². The van der Waals surface area contributed by atoms with E-state index in [1.54, 1.807) is 24.3 Å². The average Bonchev–Trinajstić information content (AvgIpc) is 3.34. The number of carbonyl (C=O) groups excluding carboxylic acids is 4. The number of benzene rings is 1. The molecule has 0 aliphatic carbocycles. The molecule has 1 aromatic rings. The van der Waals surface area contributed by atoms with Crippen molar-refractivity contribution >= 4 is 35.2 Å². The Morgan fingerprint density at radius 3 is 2.47 bits per heavy atom. The van der Waals surface area contributed by atoms with E-state index in [4.69, 9.17) is 11.5 Å². The molecular formula is C25H37FN6O4. The highest BCUT2D eigenvalue weighted by Gasteiger charge is 2.39. The molecule has 1 aromatic carbocycles. The number of carbonyl (C=O) groups is 4. The fourth-order valence-electron chi connectivity index (χ4n) is 4.30. The number of para-hydroxylation sites is 1. The Bertz CT molecular complexity index is 936. The number of anilines is 1. The number of hydrogen-bond donors (Lipinski definition) is 4. The van der Waals surface area contributed by atoms with Crippen LogP contribution in [-0.2, 0) is 14.4 Å². The predicted molar refractivity (Wildman–Crippen MR) is 136 cm³/mol. The van der Waals surface area contributed by atoms with Gasteiger partial charge in [0, 0.05) is 31.1 Å². The first-order chi connectivity index (χ1) is 17.1. The Labute approximate surface area is 211 Å². The molecule has 0 radical (unpaired) electrons. The standard InChI is InChI=1S/C25H37FN6O4/c1-16(2)22(31-25(36)30-18-9-4-3-5-10-18)23(35)32-13-7-11-19(32)20(33)14-17(21(34)15-26)8-6-12-29-24(27)28/h3-5,9-10,16-17,19,22H,6-8,11-15H2,1-2H3,(H4,27,28,29)(H2,30,31,36)/t17-,19+,22+/m1/s1. The normalized spacial score (nSPS) is 16.8. The van der Waals surface area contributed by atoms with Crippen LogP contribution in [0.2, 0.25) is 0 Å². The number of amides is 3. The first-order valence-corrected chi connectivity index (χ1v) is 12.2. The lowest BCUT2D eigenvalue weighted by molar-refractivity contribution is -0.140. The lowest BCUT2D eigenvalue weighted by Crippen LogP contribution is -2.54. The Kier molecular flexibility index (Phi) is 11.3. The first kappa shape index (κ1) is 28.7. The Morgan fingerprint density at radius 2 is 1.86 bits per heavy atom. The van der Waals surface area contributed by atoms with Gasteiger partial charge >= 0.3 is 6.03 Å². The summed E-state index contributed by atoms with van der Waals surface area (Å²) in [6.07, 6.45) is 1.60. The van der Waals surface area contributed by atoms with Gasteiger partial charge in [-0.25, -0.2) is 9.18 Å². The topological polar surface area (TPSA) is 160 Å². The number of halogens is 1. The summed E-state index contributed by atoms with van der Waals surface area (Å²) in [5.41, 5.74) is 11.2. The van der Waals surface area contributed by atoms with Crippen molar-refractivity contribution in [3.8, 4) is 0 Å². The number of aliphatic imine (C=N–C) groups is 1. The molecule has 0 unspecified atom stereocenters. The van der Waals surface area contributed by atoms with Gasteiger partial charge in [-0.05, 0) is 43.7 Å². The Balaban J connectivity index is 2.05. The van der Waals surface area contributed by atoms with E-state index in [1.165, 1.54) is 4.90 Å². The average molecular weight is 505 g/mol. The number of nitrogens with two attached hydrogens (primary N) is 2. The maximum Gasteiger partial charge on any atom is 0.319 e. The molecule has 36 heavy (non-hydrogen) atoms. The number of hydrogen-bond acceptors (Lipinski definition) is 5. The van der Waals surface area contributed by atoms with Crippen molar-refractivity contribution in [3.63, 3.8) is 0 Å². The first-order valence-electron chi connectivity index (χ1n) is 12.2. The van der Waals surface area contributed by atoms with E-state index in [2.05, 4.69) is 15.6 Å². The number of guanidine groups is 1. The van der Waals surface area contributed by atoms with Crippen molar-refractivity contribution in [2.45, 2.75) is 58.0 Å². The van der Waals surface area contributed by atoms with Crippen LogP contribution in [0.15, 0.2) is 35.3 Å². The van der Waals surface area contributed by atoms with Gasteiger partial charge in [0.15, 0.2) is 17.5 Å². The maximum absolute atomic E-state index is 13.4. The van der Waals surface area contributed by atoms with E-state index in [-0.39, 0.29) is 43.0 Å². The monoisotopic (exact) mass is 504 g/mol. The maximum atomic E-state index is 13.4. The number of Topliss-reactive ketones (excluding diaryl/α,β-unsaturated/α-hetero) is 2. The van der Waals surface area contributed by atoms with Crippen LogP contribution < -0.4 is 22.1 Å². The third kappa shape index (κ3) is 8.62. The number of likely N-dealkylation sites (tertiary alicyclic amines) is 1. The fraction of sp³-hybridized carbons (Fsp3) is 0.560. The molecule has 11 heteroatoms. The second kappa shape index (κ2) is 14.2. The highest BCUT2D eigenvalue weighted by molar-refractivity contribution is 5.97. The van der Waals surface area contributed by atoms with Crippen molar-refractivity contribution in [2.24, 2.45) is 28.3 Å². The van der Waals surface area contributed by atoms with Crippen molar-refractivity contribution in [3.05, 3.63) is 30.3 Å². The zero-order chi connectivity index (χ0) is 26.7. The highest BCUT2D eigenvalue weighted by Crippen LogP contribution is 2.25. The van der Waals surface area contributed by atoms with Gasteiger partial charge in [-0.2, -0.15) is 0 Å². The minimum atomic E-state index is -1.16. The molecule has 3 atom stereocenters. The minimum absolute atomic E-state index is 0.0784. The van der Waals surface area contributed by atoms with E-state index in [0.29, 0.717) is 31.5 Å². The molecule has 1 aliphatic heterocycles. The van der Waals surface area contributed by atoms with Gasteiger partial charge in [0.05, 0.1) is 6.04 Å². The van der Waals surface area contributed by atoms with Gasteiger partial charge in [-0.3, -0.25) is 19.4 Å². The van der Waals surface area contributed by atoms with Gasteiger partial charge in [-0.1, -0.05) is 32.0 Å². The summed E-state index contributed by atoms with van der Waals surface area (Å²) in [6, 6.07) is 6.76. The minimum Gasteiger partial charge on any atom is -0.370 e. The van der Waals surface area contributed by atoms with Crippen LogP contribution in [0, 0.1) is 11.8 Å². The van der Waals surface area contributed by atoms with Crippen LogP contribution in [0.4, 0.5) is 14.9 Å². The third-order valence-corrected chi connectivity index (χ3v) is 6.20. The van der Waals surface area contributed by atoms with Crippen molar-refractivity contribution in [1.29, 1.82) is 0 Å². The number of nitrogens with one attached hydrogen (secondary N) is 2. The molecule has 0 saturated carbocycles. The quantitative estimate of drug-likeness (QED) is 0.183. The van der Waals surface area contributed by atoms with Gasteiger partial charge in [0.1, 0.15) is 12.7 Å². The molecule has 2 rings (SSSR count). The predicted octanol–water partition coefficient (Wildman–Crippen LogP) is 1.99. The zero-order valence-corrected chi connectivity index (χ0v) is 20.9. The van der Waals surface area contributed by atoms with Crippen LogP contribution in [0.3, 0.4) is 0 Å². The summed E-state index contributed by atoms with van der Waals surface area (Å²) in [6.45, 7) is 3.10. The highest BCUT2D eigenvalue weighted by atomic mass is 19.1. The fourth-order valence-corrected chi connectivity index (χ4v) is 4.30. The molecule has 198 valence electrons. The second-order valence-corrected chi connectivity index (χ2v) is 9.29. The molecule has 10 nitrogen and oxygen atoms in total. The smallest absolute Gasteiger partial charge is 0.319 e. The molecular weight excluding hydrogens is 467 g/mol. The largest absolute Gasteiger partial charge is 0.370 e. The summed E-state index contributed by atoms with van der Waals surface area (Å²) in [5, 5.41) is 5.42. The summed E-state index contributed by atoms with van der Waals surface area (Å²) < 4.78 is 13.1. The summed E-state index contributed by atoms with van der Waals surface area (Å²) in [4.78, 5) is 56.5. The van der Waals surface area contributed by atoms with Gasteiger partial charge in [-0.15, -0.1) is 0 Å². The van der Waals surface area contributed by atoms with E-state index in [1.807, 2.05) is 19.9 Å². The number of nitrogens with zero attached hydrogens (tertiary/aromatic N) is 2. The lowest BCUT2D eigenvalue weighted by atomic mass is 9.90. The molecule has 3 amide bonds. The van der Waals surface area contributed by atoms with Crippen molar-refractivity contribution in [1.82, 2.24) is 10.2 Å². The van der Waals surface area contributed by atoms with Crippen molar-refractivity contribution in [2.75, 3.05) is 25.1 Å². The zero-order valence-electron chi connectivity index (χ0n) is 20.9. The van der Waals surface area contributed by atoms with E-state index in [0.717, 1.165) is 0 Å². The van der Waals surface area contributed by atoms with E-state index in [9.17, 15) is 23.6 Å².